The highest BCUT2D eigenvalue weighted by molar-refractivity contribution is 5.80. The van der Waals surface area contributed by atoms with E-state index in [1.54, 1.807) is 0 Å². The van der Waals surface area contributed by atoms with Crippen molar-refractivity contribution in [3.05, 3.63) is 0 Å². The molecule has 1 amide bonds. The summed E-state index contributed by atoms with van der Waals surface area (Å²) in [5.74, 6) is -1.17. The topological polar surface area (TPSA) is 84.9 Å². The van der Waals surface area contributed by atoms with Gasteiger partial charge in [-0.2, -0.15) is 0 Å². The second-order valence-electron chi connectivity index (χ2n) is 4.44. The zero-order chi connectivity index (χ0) is 13.0. The molecule has 6 nitrogen and oxygen atoms in total. The van der Waals surface area contributed by atoms with E-state index in [0.29, 0.717) is 12.8 Å². The fourth-order valence-electron chi connectivity index (χ4n) is 2.30. The van der Waals surface area contributed by atoms with Crippen molar-refractivity contribution in [3.8, 4) is 0 Å². The minimum absolute atomic E-state index is 0.00467. The van der Waals surface area contributed by atoms with Crippen molar-refractivity contribution >= 4 is 12.1 Å². The monoisotopic (exact) mass is 245 g/mol. The van der Waals surface area contributed by atoms with E-state index in [1.807, 2.05) is 13.8 Å². The molecule has 0 aromatic heterocycles. The van der Waals surface area contributed by atoms with Crippen LogP contribution in [0.5, 0.6) is 0 Å². The highest BCUT2D eigenvalue weighted by Gasteiger charge is 2.35. The number of ether oxygens (including phenoxy) is 2. The lowest BCUT2D eigenvalue weighted by Gasteiger charge is -2.35. The minimum atomic E-state index is -1.04. The van der Waals surface area contributed by atoms with Gasteiger partial charge in [0, 0.05) is 0 Å². The van der Waals surface area contributed by atoms with Gasteiger partial charge in [-0.05, 0) is 32.6 Å². The van der Waals surface area contributed by atoms with E-state index in [1.165, 1.54) is 7.11 Å². The molecule has 0 aromatic carbocycles. The number of amides is 1. The molecule has 0 spiro atoms. The van der Waals surface area contributed by atoms with Crippen LogP contribution in [0.4, 0.5) is 4.79 Å². The van der Waals surface area contributed by atoms with Crippen LogP contribution in [0, 0.1) is 5.92 Å². The van der Waals surface area contributed by atoms with Gasteiger partial charge in [0.25, 0.3) is 0 Å². The first-order chi connectivity index (χ1) is 7.93. The number of carboxylic acid groups (broad SMARTS) is 1. The Bertz CT molecular complexity index is 284. The number of carboxylic acids is 1. The molecule has 1 aliphatic rings. The molecule has 1 rings (SSSR count). The summed E-state index contributed by atoms with van der Waals surface area (Å²) in [6, 6.07) is -0.920. The molecule has 1 fully saturated rings. The molecule has 17 heavy (non-hydrogen) atoms. The lowest BCUT2D eigenvalue weighted by molar-refractivity contribution is -0.143. The lowest BCUT2D eigenvalue weighted by Crippen LogP contribution is -2.49. The molecule has 6 heteroatoms. The van der Waals surface area contributed by atoms with Gasteiger partial charge in [0.2, 0.25) is 0 Å². The van der Waals surface area contributed by atoms with E-state index in [9.17, 15) is 9.59 Å². The Balaban J connectivity index is 2.69. The fourth-order valence-corrected chi connectivity index (χ4v) is 2.30. The Morgan fingerprint density at radius 1 is 1.35 bits per heavy atom. The Kier molecular flexibility index (Phi) is 4.74. The van der Waals surface area contributed by atoms with Crippen molar-refractivity contribution in [3.63, 3.8) is 0 Å². The van der Waals surface area contributed by atoms with Gasteiger partial charge in [-0.25, -0.2) is 9.59 Å². The van der Waals surface area contributed by atoms with Crippen LogP contribution < -0.4 is 5.32 Å². The molecule has 0 aliphatic carbocycles. The maximum absolute atomic E-state index is 11.2. The molecule has 98 valence electrons. The first kappa shape index (κ1) is 13.8. The van der Waals surface area contributed by atoms with Gasteiger partial charge in [0.05, 0.1) is 19.3 Å². The van der Waals surface area contributed by atoms with E-state index in [0.717, 1.165) is 0 Å². The van der Waals surface area contributed by atoms with Crippen molar-refractivity contribution in [2.24, 2.45) is 5.92 Å². The van der Waals surface area contributed by atoms with E-state index < -0.39 is 18.1 Å². The number of methoxy groups -OCH3 is 1. The quantitative estimate of drug-likeness (QED) is 0.774. The first-order valence-electron chi connectivity index (χ1n) is 5.66. The molecule has 1 saturated heterocycles. The molecule has 1 heterocycles. The summed E-state index contributed by atoms with van der Waals surface area (Å²) >= 11 is 0. The van der Waals surface area contributed by atoms with Gasteiger partial charge < -0.3 is 19.9 Å². The van der Waals surface area contributed by atoms with Crippen molar-refractivity contribution in [2.75, 3.05) is 7.11 Å². The predicted octanol–water partition coefficient (Wildman–Crippen LogP) is 0.999. The summed E-state index contributed by atoms with van der Waals surface area (Å²) in [6.07, 6.45) is 0.524. The number of aliphatic carboxylic acids is 1. The molecule has 0 bridgehead atoms. The van der Waals surface area contributed by atoms with Crippen molar-refractivity contribution in [1.29, 1.82) is 0 Å². The number of hydrogen-bond donors (Lipinski definition) is 2. The summed E-state index contributed by atoms with van der Waals surface area (Å²) in [6.45, 7) is 3.80. The zero-order valence-electron chi connectivity index (χ0n) is 10.3. The van der Waals surface area contributed by atoms with Crippen LogP contribution >= 0.6 is 0 Å². The number of rotatable bonds is 3. The Hall–Kier alpha value is -1.30. The number of hydrogen-bond acceptors (Lipinski definition) is 4. The van der Waals surface area contributed by atoms with Crippen molar-refractivity contribution < 1.29 is 24.2 Å². The summed E-state index contributed by atoms with van der Waals surface area (Å²) in [4.78, 5) is 22.3. The predicted molar refractivity (Wildman–Crippen MR) is 59.7 cm³/mol. The lowest BCUT2D eigenvalue weighted by atomic mass is 9.86. The third-order valence-corrected chi connectivity index (χ3v) is 2.93. The Morgan fingerprint density at radius 3 is 2.29 bits per heavy atom. The summed E-state index contributed by atoms with van der Waals surface area (Å²) in [5.41, 5.74) is 0. The number of nitrogens with one attached hydrogen (secondary N) is 1. The summed E-state index contributed by atoms with van der Waals surface area (Å²) in [7, 11) is 1.21. The maximum atomic E-state index is 11.2. The van der Waals surface area contributed by atoms with E-state index >= 15 is 0 Å². The average Bonchev–Trinajstić information content (AvgIpc) is 2.23. The molecular formula is C11H19NO5. The third kappa shape index (κ3) is 3.89. The van der Waals surface area contributed by atoms with Crippen LogP contribution in [0.2, 0.25) is 0 Å². The summed E-state index contributed by atoms with van der Waals surface area (Å²) in [5, 5.41) is 11.5. The van der Waals surface area contributed by atoms with Crippen LogP contribution in [0.15, 0.2) is 0 Å². The van der Waals surface area contributed by atoms with Crippen molar-refractivity contribution in [2.45, 2.75) is 44.9 Å². The van der Waals surface area contributed by atoms with Crippen LogP contribution in [-0.2, 0) is 14.3 Å². The number of carbonyl (C=O) groups is 2. The molecule has 2 N–H and O–H groups in total. The maximum Gasteiger partial charge on any atom is 0.407 e. The van der Waals surface area contributed by atoms with E-state index in [-0.39, 0.29) is 18.1 Å². The standard InChI is InChI=1S/C11H19NO5/c1-6-4-8(5-7(2)17-6)9(10(13)14)12-11(15)16-3/h6-9H,4-5H2,1-3H3,(H,12,15)(H,13,14)/t6-,7-,9-/m0/s1. The highest BCUT2D eigenvalue weighted by Crippen LogP contribution is 2.27. The van der Waals surface area contributed by atoms with Gasteiger partial charge in [0.1, 0.15) is 6.04 Å². The normalized spacial score (nSPS) is 30.4. The largest absolute Gasteiger partial charge is 0.480 e. The second kappa shape index (κ2) is 5.86. The van der Waals surface area contributed by atoms with E-state index in [4.69, 9.17) is 9.84 Å². The molecule has 1 aliphatic heterocycles. The van der Waals surface area contributed by atoms with Gasteiger partial charge in [-0.15, -0.1) is 0 Å². The molecule has 0 saturated carbocycles. The van der Waals surface area contributed by atoms with Gasteiger partial charge in [-0.3, -0.25) is 0 Å². The molecule has 0 radical (unpaired) electrons. The average molecular weight is 245 g/mol. The first-order valence-corrected chi connectivity index (χ1v) is 5.66. The third-order valence-electron chi connectivity index (χ3n) is 2.93. The highest BCUT2D eigenvalue weighted by atomic mass is 16.5. The SMILES string of the molecule is COC(=O)N[C@H](C(=O)O)C1C[C@H](C)O[C@@H](C)C1. The van der Waals surface area contributed by atoms with Crippen LogP contribution in [0.3, 0.4) is 0 Å². The molecular weight excluding hydrogens is 226 g/mol. The molecule has 0 unspecified atom stereocenters. The minimum Gasteiger partial charge on any atom is -0.480 e. The zero-order valence-corrected chi connectivity index (χ0v) is 10.3. The Morgan fingerprint density at radius 2 is 1.88 bits per heavy atom. The van der Waals surface area contributed by atoms with Crippen molar-refractivity contribution in [1.82, 2.24) is 5.32 Å². The number of alkyl carbamates (subject to hydrolysis) is 1. The molecule has 3 atom stereocenters. The fraction of sp³-hybridized carbons (Fsp3) is 0.818. The van der Waals surface area contributed by atoms with E-state index in [2.05, 4.69) is 10.1 Å². The Labute approximate surface area is 100 Å². The van der Waals surface area contributed by atoms with Gasteiger partial charge in [-0.1, -0.05) is 0 Å². The second-order valence-corrected chi connectivity index (χ2v) is 4.44. The van der Waals surface area contributed by atoms with Crippen LogP contribution in [0.25, 0.3) is 0 Å². The van der Waals surface area contributed by atoms with Gasteiger partial charge in [0.15, 0.2) is 0 Å². The molecule has 0 aromatic rings. The van der Waals surface area contributed by atoms with Crippen LogP contribution in [0.1, 0.15) is 26.7 Å². The van der Waals surface area contributed by atoms with Gasteiger partial charge >= 0.3 is 12.1 Å². The number of carbonyl (C=O) groups excluding carboxylic acids is 1. The smallest absolute Gasteiger partial charge is 0.407 e. The van der Waals surface area contributed by atoms with Crippen LogP contribution in [-0.4, -0.2) is 42.5 Å². The summed E-state index contributed by atoms with van der Waals surface area (Å²) < 4.78 is 9.97.